The predicted molar refractivity (Wildman–Crippen MR) is 117 cm³/mol. The Bertz CT molecular complexity index is 934. The molecule has 0 aliphatic carbocycles. The molecule has 0 radical (unpaired) electrons. The summed E-state index contributed by atoms with van der Waals surface area (Å²) >= 11 is 9.44. The van der Waals surface area contributed by atoms with Gasteiger partial charge in [0.1, 0.15) is 6.42 Å². The van der Waals surface area contributed by atoms with Crippen LogP contribution in [0.2, 0.25) is 5.02 Å². The number of rotatable bonds is 8. The van der Waals surface area contributed by atoms with Crippen LogP contribution < -0.4 is 20.2 Å². The zero-order chi connectivity index (χ0) is 21.4. The van der Waals surface area contributed by atoms with Gasteiger partial charge in [0.15, 0.2) is 11.5 Å². The minimum absolute atomic E-state index is 0.376. The van der Waals surface area contributed by atoms with Gasteiger partial charge in [-0.3, -0.25) is 9.59 Å². The van der Waals surface area contributed by atoms with Crippen LogP contribution in [0.3, 0.4) is 0 Å². The SMILES string of the molecule is CCOc1c(Br)cc(C=NNC(=O)CC(=O)Nc2ccc(C)c(Cl)c2)cc1OC. The largest absolute Gasteiger partial charge is 0.493 e. The lowest BCUT2D eigenvalue weighted by Gasteiger charge is -2.11. The van der Waals surface area contributed by atoms with Crippen molar-refractivity contribution in [3.8, 4) is 11.5 Å². The summed E-state index contributed by atoms with van der Waals surface area (Å²) in [4.78, 5) is 23.9. The van der Waals surface area contributed by atoms with Gasteiger partial charge in [-0.25, -0.2) is 5.43 Å². The van der Waals surface area contributed by atoms with Crippen LogP contribution in [0.15, 0.2) is 39.9 Å². The number of carbonyl (C=O) groups excluding carboxylic acids is 2. The summed E-state index contributed by atoms with van der Waals surface area (Å²) in [6, 6.07) is 8.62. The molecule has 0 saturated heterocycles. The number of ether oxygens (including phenoxy) is 2. The molecule has 0 fully saturated rings. The van der Waals surface area contributed by atoms with Crippen molar-refractivity contribution in [3.05, 3.63) is 51.0 Å². The van der Waals surface area contributed by atoms with E-state index < -0.39 is 11.8 Å². The molecule has 0 spiro atoms. The highest BCUT2D eigenvalue weighted by molar-refractivity contribution is 9.10. The summed E-state index contributed by atoms with van der Waals surface area (Å²) < 4.78 is 11.5. The molecule has 0 aromatic heterocycles. The topological polar surface area (TPSA) is 89.0 Å². The van der Waals surface area contributed by atoms with E-state index in [-0.39, 0.29) is 6.42 Å². The van der Waals surface area contributed by atoms with Crippen LogP contribution in [0.4, 0.5) is 5.69 Å². The molecule has 2 rings (SSSR count). The molecule has 0 aliphatic heterocycles. The molecule has 9 heteroatoms. The Morgan fingerprint density at radius 3 is 2.66 bits per heavy atom. The van der Waals surface area contributed by atoms with Crippen molar-refractivity contribution in [2.24, 2.45) is 5.10 Å². The monoisotopic (exact) mass is 481 g/mol. The third-order valence-electron chi connectivity index (χ3n) is 3.72. The molecule has 0 bridgehead atoms. The molecule has 2 aromatic carbocycles. The van der Waals surface area contributed by atoms with Gasteiger partial charge < -0.3 is 14.8 Å². The number of hydrogen-bond donors (Lipinski definition) is 2. The molecule has 2 N–H and O–H groups in total. The molecule has 0 heterocycles. The van der Waals surface area contributed by atoms with E-state index in [2.05, 4.69) is 31.8 Å². The summed E-state index contributed by atoms with van der Waals surface area (Å²) in [5.41, 5.74) is 4.42. The maximum Gasteiger partial charge on any atom is 0.249 e. The Labute approximate surface area is 182 Å². The van der Waals surface area contributed by atoms with Crippen molar-refractivity contribution in [2.45, 2.75) is 20.3 Å². The van der Waals surface area contributed by atoms with Gasteiger partial charge in [-0.1, -0.05) is 17.7 Å². The second-order valence-electron chi connectivity index (χ2n) is 5.95. The normalized spacial score (nSPS) is 10.7. The van der Waals surface area contributed by atoms with E-state index in [1.165, 1.54) is 13.3 Å². The molecule has 0 aliphatic rings. The lowest BCUT2D eigenvalue weighted by Crippen LogP contribution is -2.24. The third kappa shape index (κ3) is 6.76. The first kappa shape index (κ1) is 22.7. The fraction of sp³-hybridized carbons (Fsp3) is 0.250. The summed E-state index contributed by atoms with van der Waals surface area (Å²) in [6.45, 7) is 4.23. The first-order chi connectivity index (χ1) is 13.8. The minimum atomic E-state index is -0.547. The number of halogens is 2. The first-order valence-electron chi connectivity index (χ1n) is 8.72. The highest BCUT2D eigenvalue weighted by Gasteiger charge is 2.12. The standard InChI is InChI=1S/C20H21BrClN3O4/c1-4-29-20-15(21)7-13(8-17(20)28-3)11-23-25-19(27)10-18(26)24-14-6-5-12(2)16(22)9-14/h5-9,11H,4,10H2,1-3H3,(H,24,26)(H,25,27). The number of anilines is 1. The zero-order valence-corrected chi connectivity index (χ0v) is 18.6. The molecule has 0 saturated carbocycles. The van der Waals surface area contributed by atoms with E-state index in [0.717, 1.165) is 5.56 Å². The molecular formula is C20H21BrClN3O4. The molecule has 29 heavy (non-hydrogen) atoms. The van der Waals surface area contributed by atoms with Crippen LogP contribution in [-0.4, -0.2) is 31.7 Å². The fourth-order valence-corrected chi connectivity index (χ4v) is 3.09. The highest BCUT2D eigenvalue weighted by Crippen LogP contribution is 2.36. The van der Waals surface area contributed by atoms with Crippen LogP contribution in [0.5, 0.6) is 11.5 Å². The van der Waals surface area contributed by atoms with Crippen molar-refractivity contribution in [3.63, 3.8) is 0 Å². The van der Waals surface area contributed by atoms with Crippen molar-refractivity contribution in [2.75, 3.05) is 19.0 Å². The van der Waals surface area contributed by atoms with Gasteiger partial charge in [-0.2, -0.15) is 5.10 Å². The van der Waals surface area contributed by atoms with E-state index in [9.17, 15) is 9.59 Å². The number of amides is 2. The Kier molecular flexibility index (Phi) is 8.48. The molecule has 7 nitrogen and oxygen atoms in total. The Hall–Kier alpha value is -2.58. The second-order valence-corrected chi connectivity index (χ2v) is 7.21. The number of nitrogens with one attached hydrogen (secondary N) is 2. The number of hydrogen-bond acceptors (Lipinski definition) is 5. The third-order valence-corrected chi connectivity index (χ3v) is 4.72. The number of nitrogens with zero attached hydrogens (tertiary/aromatic N) is 1. The smallest absolute Gasteiger partial charge is 0.249 e. The maximum absolute atomic E-state index is 12.0. The average molecular weight is 483 g/mol. The highest BCUT2D eigenvalue weighted by atomic mass is 79.9. The van der Waals surface area contributed by atoms with Crippen LogP contribution in [0.25, 0.3) is 0 Å². The van der Waals surface area contributed by atoms with Crippen LogP contribution in [-0.2, 0) is 9.59 Å². The van der Waals surface area contributed by atoms with Crippen molar-refractivity contribution in [1.82, 2.24) is 5.43 Å². The second kappa shape index (κ2) is 10.8. The van der Waals surface area contributed by atoms with Gasteiger partial charge in [0.05, 0.1) is 24.4 Å². The van der Waals surface area contributed by atoms with Crippen molar-refractivity contribution < 1.29 is 19.1 Å². The molecule has 154 valence electrons. The van der Waals surface area contributed by atoms with E-state index in [4.69, 9.17) is 21.1 Å². The summed E-state index contributed by atoms with van der Waals surface area (Å²) in [6.07, 6.45) is 1.07. The van der Waals surface area contributed by atoms with Gasteiger partial charge in [-0.15, -0.1) is 0 Å². The van der Waals surface area contributed by atoms with Crippen molar-refractivity contribution in [1.29, 1.82) is 0 Å². The van der Waals surface area contributed by atoms with Crippen molar-refractivity contribution >= 4 is 51.2 Å². The van der Waals surface area contributed by atoms with Crippen LogP contribution >= 0.6 is 27.5 Å². The zero-order valence-electron chi connectivity index (χ0n) is 16.2. The van der Waals surface area contributed by atoms with E-state index in [1.54, 1.807) is 30.3 Å². The van der Waals surface area contributed by atoms with Gasteiger partial charge in [-0.05, 0) is 65.2 Å². The van der Waals surface area contributed by atoms with E-state index in [1.807, 2.05) is 13.8 Å². The van der Waals surface area contributed by atoms with Gasteiger partial charge in [0.2, 0.25) is 11.8 Å². The number of methoxy groups -OCH3 is 1. The molecular weight excluding hydrogens is 462 g/mol. The Morgan fingerprint density at radius 2 is 2.00 bits per heavy atom. The quantitative estimate of drug-likeness (QED) is 0.334. The number of hydrazone groups is 1. The first-order valence-corrected chi connectivity index (χ1v) is 9.89. The van der Waals surface area contributed by atoms with Gasteiger partial charge in [0.25, 0.3) is 0 Å². The minimum Gasteiger partial charge on any atom is -0.493 e. The predicted octanol–water partition coefficient (Wildman–Crippen LogP) is 4.30. The molecule has 0 atom stereocenters. The van der Waals surface area contributed by atoms with Crippen LogP contribution in [0, 0.1) is 6.92 Å². The van der Waals surface area contributed by atoms with E-state index >= 15 is 0 Å². The number of benzene rings is 2. The van der Waals surface area contributed by atoms with Gasteiger partial charge in [0, 0.05) is 10.7 Å². The molecule has 2 amide bonds. The summed E-state index contributed by atoms with van der Waals surface area (Å²) in [7, 11) is 1.53. The van der Waals surface area contributed by atoms with E-state index in [0.29, 0.717) is 38.9 Å². The van der Waals surface area contributed by atoms with Gasteiger partial charge >= 0.3 is 0 Å². The summed E-state index contributed by atoms with van der Waals surface area (Å²) in [5, 5.41) is 7.03. The Balaban J connectivity index is 1.92. The molecule has 2 aromatic rings. The average Bonchev–Trinajstić information content (AvgIpc) is 2.66. The number of aryl methyl sites for hydroxylation is 1. The fourth-order valence-electron chi connectivity index (χ4n) is 2.34. The molecule has 0 unspecified atom stereocenters. The number of carbonyl (C=O) groups is 2. The van der Waals surface area contributed by atoms with Crippen LogP contribution in [0.1, 0.15) is 24.5 Å². The summed E-state index contributed by atoms with van der Waals surface area (Å²) in [5.74, 6) is 0.103. The maximum atomic E-state index is 12.0. The lowest BCUT2D eigenvalue weighted by atomic mass is 10.2. The lowest BCUT2D eigenvalue weighted by molar-refractivity contribution is -0.126. The Morgan fingerprint density at radius 1 is 1.24 bits per heavy atom.